The first kappa shape index (κ1) is 22.7. The highest BCUT2D eigenvalue weighted by molar-refractivity contribution is 9.10. The van der Waals surface area contributed by atoms with Crippen LogP contribution in [0.25, 0.3) is 0 Å². The van der Waals surface area contributed by atoms with E-state index in [4.69, 9.17) is 14.3 Å². The first-order valence-corrected chi connectivity index (χ1v) is 12.7. The number of aliphatic hydroxyl groups excluding tert-OH is 1. The number of carbonyl (C=O) groups is 1. The van der Waals surface area contributed by atoms with E-state index in [0.717, 1.165) is 33.5 Å². The number of benzene rings is 1. The molecule has 1 aliphatic carbocycles. The molecule has 1 saturated carbocycles. The summed E-state index contributed by atoms with van der Waals surface area (Å²) in [6.45, 7) is 2.49. The van der Waals surface area contributed by atoms with Crippen molar-refractivity contribution in [2.24, 2.45) is 11.1 Å². The van der Waals surface area contributed by atoms with Gasteiger partial charge in [-0.05, 0) is 57.8 Å². The lowest BCUT2D eigenvalue weighted by Crippen LogP contribution is -2.53. The van der Waals surface area contributed by atoms with E-state index in [1.165, 1.54) is 11.3 Å². The largest absolute Gasteiger partial charge is 0.495 e. The zero-order chi connectivity index (χ0) is 23.3. The number of carbonyl (C=O) groups excluding carboxylic acids is 1. The Kier molecular flexibility index (Phi) is 5.91. The predicted octanol–water partition coefficient (Wildman–Crippen LogP) is 4.36. The molecule has 1 fully saturated rings. The van der Waals surface area contributed by atoms with Crippen molar-refractivity contribution in [2.75, 3.05) is 20.8 Å². The summed E-state index contributed by atoms with van der Waals surface area (Å²) in [7, 11) is 3.19. The third-order valence-electron chi connectivity index (χ3n) is 7.41. The van der Waals surface area contributed by atoms with Gasteiger partial charge in [0.25, 0.3) is 5.91 Å². The maximum absolute atomic E-state index is 13.5. The molecular weight excluding hydrogens is 508 g/mol. The Morgan fingerprint density at radius 3 is 2.91 bits per heavy atom. The van der Waals surface area contributed by atoms with Gasteiger partial charge in [-0.25, -0.2) is 0 Å². The molecule has 1 amide bonds. The van der Waals surface area contributed by atoms with Crippen molar-refractivity contribution in [1.29, 1.82) is 0 Å². The quantitative estimate of drug-likeness (QED) is 0.589. The highest BCUT2D eigenvalue weighted by atomic mass is 79.9. The number of hydrogen-bond acceptors (Lipinski definition) is 7. The van der Waals surface area contributed by atoms with Gasteiger partial charge in [0.15, 0.2) is 0 Å². The number of amides is 1. The maximum atomic E-state index is 13.5. The van der Waals surface area contributed by atoms with Crippen molar-refractivity contribution in [2.45, 2.75) is 50.3 Å². The van der Waals surface area contributed by atoms with E-state index in [0.29, 0.717) is 30.0 Å². The number of methoxy groups -OCH3 is 1. The first-order chi connectivity index (χ1) is 15.9. The lowest BCUT2D eigenvalue weighted by molar-refractivity contribution is 0.0336. The molecule has 5 rings (SSSR count). The first-order valence-electron chi connectivity index (χ1n) is 11.0. The minimum atomic E-state index is -0.357. The van der Waals surface area contributed by atoms with Crippen LogP contribution in [0.5, 0.6) is 11.5 Å². The number of nitrogens with zero attached hydrogens (tertiary/aromatic N) is 2. The molecule has 1 N–H and O–H groups in total. The number of halogens is 1. The highest BCUT2D eigenvalue weighted by Crippen LogP contribution is 2.60. The summed E-state index contributed by atoms with van der Waals surface area (Å²) >= 11 is 5.13. The second kappa shape index (κ2) is 8.60. The van der Waals surface area contributed by atoms with Crippen LogP contribution in [0.2, 0.25) is 0 Å². The fourth-order valence-corrected chi connectivity index (χ4v) is 7.22. The average Bonchev–Trinajstić information content (AvgIpc) is 3.42. The Labute approximate surface area is 205 Å². The Bertz CT molecular complexity index is 1100. The van der Waals surface area contributed by atoms with Crippen LogP contribution < -0.4 is 9.47 Å². The Balaban J connectivity index is 1.69. The van der Waals surface area contributed by atoms with Crippen molar-refractivity contribution in [3.05, 3.63) is 44.1 Å². The molecule has 1 spiro atoms. The topological polar surface area (TPSA) is 80.6 Å². The number of oxime groups is 1. The predicted molar refractivity (Wildman–Crippen MR) is 129 cm³/mol. The van der Waals surface area contributed by atoms with Crippen LogP contribution in [-0.2, 0) is 16.8 Å². The molecular formula is C24H27BrN2O5S. The number of aliphatic hydroxyl groups is 1. The molecule has 3 aliphatic rings. The SMILES string of the molecule is CON=C1C[C@@H](C)[C@]23C[C@@H](CO)N(C(=O)c4cccs4)Cc4cc(OC)c(Br)c(c42)O[C@@H]3C1. The van der Waals surface area contributed by atoms with E-state index in [-0.39, 0.29) is 36.0 Å². The van der Waals surface area contributed by atoms with Crippen molar-refractivity contribution in [3.63, 3.8) is 0 Å². The molecule has 0 saturated heterocycles. The number of thiophene rings is 1. The monoisotopic (exact) mass is 534 g/mol. The van der Waals surface area contributed by atoms with Gasteiger partial charge in [0, 0.05) is 23.9 Å². The van der Waals surface area contributed by atoms with E-state index in [1.54, 1.807) is 14.2 Å². The lowest BCUT2D eigenvalue weighted by atomic mass is 9.59. The van der Waals surface area contributed by atoms with Crippen molar-refractivity contribution in [1.82, 2.24) is 4.90 Å². The second-order valence-electron chi connectivity index (χ2n) is 9.00. The minimum absolute atomic E-state index is 0.0568. The van der Waals surface area contributed by atoms with E-state index >= 15 is 0 Å². The lowest BCUT2D eigenvalue weighted by Gasteiger charge is -2.45. The maximum Gasteiger partial charge on any atom is 0.264 e. The Morgan fingerprint density at radius 1 is 1.42 bits per heavy atom. The molecule has 1 aromatic heterocycles. The van der Waals surface area contributed by atoms with E-state index in [9.17, 15) is 9.90 Å². The summed E-state index contributed by atoms with van der Waals surface area (Å²) in [4.78, 5) is 21.1. The molecule has 2 aliphatic heterocycles. The van der Waals surface area contributed by atoms with Gasteiger partial charge in [-0.15, -0.1) is 11.3 Å². The van der Waals surface area contributed by atoms with E-state index < -0.39 is 0 Å². The van der Waals surface area contributed by atoms with Crippen LogP contribution in [0, 0.1) is 5.92 Å². The zero-order valence-electron chi connectivity index (χ0n) is 18.8. The minimum Gasteiger partial charge on any atom is -0.495 e. The molecule has 2 aromatic rings. The third-order valence-corrected chi connectivity index (χ3v) is 9.02. The highest BCUT2D eigenvalue weighted by Gasteiger charge is 2.59. The van der Waals surface area contributed by atoms with Gasteiger partial charge in [-0.1, -0.05) is 18.1 Å². The van der Waals surface area contributed by atoms with E-state index in [1.807, 2.05) is 28.5 Å². The van der Waals surface area contributed by atoms with Crippen LogP contribution in [0.4, 0.5) is 0 Å². The summed E-state index contributed by atoms with van der Waals surface area (Å²) < 4.78 is 13.1. The van der Waals surface area contributed by atoms with E-state index in [2.05, 4.69) is 28.0 Å². The molecule has 176 valence electrons. The summed E-state index contributed by atoms with van der Waals surface area (Å²) in [6.07, 6.45) is 1.86. The summed E-state index contributed by atoms with van der Waals surface area (Å²) in [5.74, 6) is 1.57. The normalized spacial score (nSPS) is 29.2. The fourth-order valence-electron chi connectivity index (χ4n) is 5.98. The van der Waals surface area contributed by atoms with Crippen LogP contribution in [-0.4, -0.2) is 54.6 Å². The summed E-state index contributed by atoms with van der Waals surface area (Å²) in [5.41, 5.74) is 2.75. The third kappa shape index (κ3) is 3.39. The van der Waals surface area contributed by atoms with Crippen molar-refractivity contribution in [3.8, 4) is 11.5 Å². The molecule has 0 unspecified atom stereocenters. The summed E-state index contributed by atoms with van der Waals surface area (Å²) in [5, 5.41) is 16.6. The average molecular weight is 535 g/mol. The van der Waals surface area contributed by atoms with Gasteiger partial charge in [0.05, 0.1) is 30.3 Å². The molecule has 9 heteroatoms. The van der Waals surface area contributed by atoms with Gasteiger partial charge in [-0.2, -0.15) is 0 Å². The molecule has 7 nitrogen and oxygen atoms in total. The van der Waals surface area contributed by atoms with Crippen LogP contribution in [0.1, 0.15) is 47.0 Å². The molecule has 4 atom stereocenters. The van der Waals surface area contributed by atoms with Gasteiger partial charge < -0.3 is 24.3 Å². The molecule has 0 radical (unpaired) electrons. The number of ether oxygens (including phenoxy) is 2. The number of rotatable bonds is 4. The van der Waals surface area contributed by atoms with Crippen LogP contribution in [0.15, 0.2) is 33.2 Å². The van der Waals surface area contributed by atoms with Gasteiger partial charge >= 0.3 is 0 Å². The van der Waals surface area contributed by atoms with Crippen molar-refractivity contribution >= 4 is 38.9 Å². The smallest absolute Gasteiger partial charge is 0.264 e. The fraction of sp³-hybridized carbons (Fsp3) is 0.500. The number of hydrogen-bond donors (Lipinski definition) is 1. The van der Waals surface area contributed by atoms with Crippen molar-refractivity contribution < 1.29 is 24.2 Å². The second-order valence-corrected chi connectivity index (χ2v) is 10.7. The zero-order valence-corrected chi connectivity index (χ0v) is 21.2. The van der Waals surface area contributed by atoms with Gasteiger partial charge in [0.2, 0.25) is 0 Å². The Hall–Kier alpha value is -2.10. The van der Waals surface area contributed by atoms with Crippen LogP contribution in [0.3, 0.4) is 0 Å². The van der Waals surface area contributed by atoms with Gasteiger partial charge in [0.1, 0.15) is 29.2 Å². The molecule has 1 aromatic carbocycles. The molecule has 3 heterocycles. The van der Waals surface area contributed by atoms with Crippen LogP contribution >= 0.6 is 27.3 Å². The standard InChI is InChI=1S/C24H27BrN2O5S/c1-13-7-15(26-31-3)9-19-24(13)10-16(12-28)27(23(29)18-5-4-6-33-18)11-14-8-17(30-2)21(25)22(32-19)20(14)24/h4-6,8,13,16,19,28H,7,9-12H2,1-3H3/t13-,16+,19-,24+/m1/s1. The summed E-state index contributed by atoms with van der Waals surface area (Å²) in [6, 6.07) is 5.39. The molecule has 33 heavy (non-hydrogen) atoms. The molecule has 0 bridgehead atoms. The van der Waals surface area contributed by atoms with Gasteiger partial charge in [-0.3, -0.25) is 4.79 Å². The Morgan fingerprint density at radius 2 is 2.24 bits per heavy atom.